The molecule has 25 heavy (non-hydrogen) atoms. The zero-order valence-corrected chi connectivity index (χ0v) is 15.5. The molecule has 0 fully saturated rings. The third-order valence-corrected chi connectivity index (χ3v) is 4.23. The lowest BCUT2D eigenvalue weighted by Gasteiger charge is -2.19. The minimum atomic E-state index is -1.84. The third kappa shape index (κ3) is 14.8. The minimum absolute atomic E-state index is 0.812. The van der Waals surface area contributed by atoms with E-state index in [1.54, 1.807) is 6.08 Å². The lowest BCUT2D eigenvalue weighted by Crippen LogP contribution is -2.46. The lowest BCUT2D eigenvalue weighted by molar-refractivity contribution is -0.780. The number of rotatable bonds is 17. The maximum Gasteiger partial charge on any atom is 0.297 e. The van der Waals surface area contributed by atoms with Crippen molar-refractivity contribution in [3.63, 3.8) is 0 Å². The van der Waals surface area contributed by atoms with E-state index >= 15 is 0 Å². The van der Waals surface area contributed by atoms with Crippen LogP contribution in [0.3, 0.4) is 0 Å². The van der Waals surface area contributed by atoms with Crippen molar-refractivity contribution in [2.75, 3.05) is 0 Å². The molecule has 0 aromatic rings. The van der Waals surface area contributed by atoms with E-state index in [0.717, 1.165) is 19.3 Å². The first kappa shape index (κ1) is 23.8. The van der Waals surface area contributed by atoms with Crippen LogP contribution in [0, 0.1) is 10.1 Å². The normalized spacial score (nSPS) is 15.2. The van der Waals surface area contributed by atoms with Gasteiger partial charge in [-0.1, -0.05) is 83.3 Å². The summed E-state index contributed by atoms with van der Waals surface area (Å²) < 4.78 is 0. The second kappa shape index (κ2) is 16.3. The summed E-state index contributed by atoms with van der Waals surface area (Å²) in [5, 5.41) is 27.9. The Morgan fingerprint density at radius 3 is 1.96 bits per heavy atom. The molecule has 0 aromatic heterocycles. The molecule has 0 rings (SSSR count). The van der Waals surface area contributed by atoms with Gasteiger partial charge in [0, 0.05) is 0 Å². The Labute approximate surface area is 151 Å². The highest BCUT2D eigenvalue weighted by Gasteiger charge is 2.24. The van der Waals surface area contributed by atoms with Crippen molar-refractivity contribution in [1.82, 2.24) is 0 Å². The van der Waals surface area contributed by atoms with Crippen molar-refractivity contribution in [2.45, 2.75) is 102 Å². The molecule has 0 radical (unpaired) electrons. The van der Waals surface area contributed by atoms with Crippen molar-refractivity contribution < 1.29 is 20.1 Å². The van der Waals surface area contributed by atoms with Gasteiger partial charge in [-0.3, -0.25) is 4.84 Å². The maximum atomic E-state index is 10.1. The number of hydrogen-bond donors (Lipinski definition) is 3. The monoisotopic (exact) mass is 360 g/mol. The maximum absolute atomic E-state index is 10.1. The van der Waals surface area contributed by atoms with Gasteiger partial charge in [0.25, 0.3) is 5.09 Å². The van der Waals surface area contributed by atoms with Crippen molar-refractivity contribution in [2.24, 2.45) is 5.73 Å². The summed E-state index contributed by atoms with van der Waals surface area (Å²) in [6.45, 7) is 2.23. The molecular formula is C18H36N2O5. The highest BCUT2D eigenvalue weighted by molar-refractivity contribution is 4.94. The largest absolute Gasteiger partial charge is 0.387 e. The third-order valence-electron chi connectivity index (χ3n) is 4.23. The molecule has 7 heteroatoms. The molecule has 7 nitrogen and oxygen atoms in total. The van der Waals surface area contributed by atoms with Crippen LogP contribution < -0.4 is 5.73 Å². The number of aliphatic hydroxyl groups is 2. The molecule has 148 valence electrons. The molecule has 0 aliphatic rings. The van der Waals surface area contributed by atoms with E-state index in [-0.39, 0.29) is 0 Å². The Morgan fingerprint density at radius 2 is 1.48 bits per heavy atom. The number of hydrogen-bond acceptors (Lipinski definition) is 6. The molecule has 0 spiro atoms. The summed E-state index contributed by atoms with van der Waals surface area (Å²) in [6, 6.07) is -1.25. The number of aliphatic hydroxyl groups excluding tert-OH is 2. The topological polar surface area (TPSA) is 119 Å². The molecule has 0 aromatic carbocycles. The average molecular weight is 360 g/mol. The summed E-state index contributed by atoms with van der Waals surface area (Å²) in [5.41, 5.74) is 5.48. The molecule has 1 unspecified atom stereocenters. The fourth-order valence-electron chi connectivity index (χ4n) is 2.62. The van der Waals surface area contributed by atoms with Crippen LogP contribution in [0.5, 0.6) is 0 Å². The van der Waals surface area contributed by atoms with Crippen LogP contribution in [-0.2, 0) is 4.84 Å². The number of nitrogens with two attached hydrogens (primary N) is 1. The van der Waals surface area contributed by atoms with Gasteiger partial charge in [0.1, 0.15) is 0 Å². The summed E-state index contributed by atoms with van der Waals surface area (Å²) in [7, 11) is 0. The van der Waals surface area contributed by atoms with E-state index in [2.05, 4.69) is 11.8 Å². The molecule has 0 saturated carbocycles. The molecule has 0 aliphatic carbocycles. The van der Waals surface area contributed by atoms with Gasteiger partial charge in [-0.25, -0.2) is 0 Å². The molecule has 3 atom stereocenters. The standard InChI is InChI=1S/C18H36N2O5/c1-2-3-4-5-6-7-8-9-10-11-12-13-14-15-16(21)17(19)18(22)25-20(23)24/h14-18,21-22H,2-13,19H2,1H3/b15-14+/t16-,17+,18?/m1/s1. The molecule has 0 aliphatic heterocycles. The van der Waals surface area contributed by atoms with Crippen LogP contribution in [0.4, 0.5) is 0 Å². The molecular weight excluding hydrogens is 324 g/mol. The van der Waals surface area contributed by atoms with Gasteiger partial charge in [0.15, 0.2) is 0 Å². The highest BCUT2D eigenvalue weighted by atomic mass is 17.0. The Morgan fingerprint density at radius 1 is 1.00 bits per heavy atom. The van der Waals surface area contributed by atoms with Gasteiger partial charge in [-0.2, -0.15) is 0 Å². The van der Waals surface area contributed by atoms with Crippen LogP contribution in [0.1, 0.15) is 84.0 Å². The van der Waals surface area contributed by atoms with Crippen LogP contribution in [0.15, 0.2) is 12.2 Å². The smallest absolute Gasteiger partial charge is 0.297 e. The van der Waals surface area contributed by atoms with Crippen LogP contribution >= 0.6 is 0 Å². The molecule has 0 bridgehead atoms. The predicted octanol–water partition coefficient (Wildman–Crippen LogP) is 3.46. The summed E-state index contributed by atoms with van der Waals surface area (Å²) >= 11 is 0. The highest BCUT2D eigenvalue weighted by Crippen LogP contribution is 2.12. The number of nitrogens with zero attached hydrogens (tertiary/aromatic N) is 1. The van der Waals surface area contributed by atoms with E-state index in [1.165, 1.54) is 63.9 Å². The number of allylic oxidation sites excluding steroid dienone is 1. The second-order valence-electron chi connectivity index (χ2n) is 6.54. The first-order valence-corrected chi connectivity index (χ1v) is 9.58. The van der Waals surface area contributed by atoms with Crippen LogP contribution in [0.25, 0.3) is 0 Å². The molecule has 0 amide bonds. The van der Waals surface area contributed by atoms with E-state index in [1.807, 2.05) is 0 Å². The Kier molecular flexibility index (Phi) is 15.5. The van der Waals surface area contributed by atoms with Crippen molar-refractivity contribution in [3.05, 3.63) is 22.3 Å². The van der Waals surface area contributed by atoms with E-state index in [0.29, 0.717) is 0 Å². The van der Waals surface area contributed by atoms with Gasteiger partial charge in [0.05, 0.1) is 12.1 Å². The summed E-state index contributed by atoms with van der Waals surface area (Å²) in [6.07, 6.45) is 15.1. The second-order valence-corrected chi connectivity index (χ2v) is 6.54. The zero-order valence-electron chi connectivity index (χ0n) is 15.5. The Balaban J connectivity index is 3.52. The fraction of sp³-hybridized carbons (Fsp3) is 0.889. The van der Waals surface area contributed by atoms with E-state index in [9.17, 15) is 20.3 Å². The first-order chi connectivity index (χ1) is 12.0. The van der Waals surface area contributed by atoms with Gasteiger partial charge >= 0.3 is 0 Å². The van der Waals surface area contributed by atoms with Crippen LogP contribution in [-0.4, -0.2) is 33.7 Å². The fourth-order valence-corrected chi connectivity index (χ4v) is 2.62. The first-order valence-electron chi connectivity index (χ1n) is 9.58. The number of unbranched alkanes of at least 4 members (excludes halogenated alkanes) is 11. The van der Waals surface area contributed by atoms with E-state index < -0.39 is 23.5 Å². The zero-order chi connectivity index (χ0) is 18.9. The summed E-state index contributed by atoms with van der Waals surface area (Å²) in [4.78, 5) is 14.0. The SMILES string of the molecule is CCCCCCCCCCCCC/C=C/[C@@H](O)[C@H](N)C(O)O[N+](=O)[O-]. The van der Waals surface area contributed by atoms with Crippen molar-refractivity contribution in [1.29, 1.82) is 0 Å². The Hall–Kier alpha value is -1.18. The quantitative estimate of drug-likeness (QED) is 0.120. The molecule has 0 heterocycles. The van der Waals surface area contributed by atoms with Crippen molar-refractivity contribution >= 4 is 0 Å². The minimum Gasteiger partial charge on any atom is -0.387 e. The van der Waals surface area contributed by atoms with Gasteiger partial charge < -0.3 is 15.9 Å². The molecule has 0 saturated heterocycles. The van der Waals surface area contributed by atoms with Crippen molar-refractivity contribution in [3.8, 4) is 0 Å². The van der Waals surface area contributed by atoms with Gasteiger partial charge in [0.2, 0.25) is 6.29 Å². The summed E-state index contributed by atoms with van der Waals surface area (Å²) in [5.74, 6) is 0. The molecule has 4 N–H and O–H groups in total. The average Bonchev–Trinajstić information content (AvgIpc) is 2.57. The Bertz CT molecular complexity index is 352. The lowest BCUT2D eigenvalue weighted by atomic mass is 10.0. The van der Waals surface area contributed by atoms with E-state index in [4.69, 9.17) is 5.73 Å². The predicted molar refractivity (Wildman–Crippen MR) is 98.3 cm³/mol. The van der Waals surface area contributed by atoms with Crippen LogP contribution in [0.2, 0.25) is 0 Å². The van der Waals surface area contributed by atoms with Gasteiger partial charge in [-0.15, -0.1) is 10.1 Å². The van der Waals surface area contributed by atoms with Gasteiger partial charge in [-0.05, 0) is 12.8 Å².